The van der Waals surface area contributed by atoms with E-state index in [-0.39, 0.29) is 43.2 Å². The van der Waals surface area contributed by atoms with Crippen molar-refractivity contribution in [1.82, 2.24) is 0 Å². The van der Waals surface area contributed by atoms with Gasteiger partial charge in [-0.1, -0.05) is 0 Å². The third-order valence-electron chi connectivity index (χ3n) is 3.54. The van der Waals surface area contributed by atoms with Crippen LogP contribution in [-0.4, -0.2) is 58.7 Å². The van der Waals surface area contributed by atoms with E-state index in [1.54, 1.807) is 0 Å². The van der Waals surface area contributed by atoms with Crippen LogP contribution in [0, 0.1) is 0 Å². The summed E-state index contributed by atoms with van der Waals surface area (Å²) in [5.74, 6) is 4.50. The number of rotatable bonds is 4. The van der Waals surface area contributed by atoms with E-state index in [4.69, 9.17) is 0 Å². The summed E-state index contributed by atoms with van der Waals surface area (Å²) in [5, 5.41) is 0. The molecule has 0 spiro atoms. The predicted octanol–water partition coefficient (Wildman–Crippen LogP) is 3.47. The summed E-state index contributed by atoms with van der Waals surface area (Å²) in [5.41, 5.74) is 0. The molecule has 0 aromatic heterocycles. The third kappa shape index (κ3) is 11.1. The van der Waals surface area contributed by atoms with Crippen molar-refractivity contribution in [2.45, 2.75) is 11.5 Å². The summed E-state index contributed by atoms with van der Waals surface area (Å²) in [6, 6.07) is 43.1. The topological polar surface area (TPSA) is 0 Å². The second-order valence-electron chi connectivity index (χ2n) is 6.07. The monoisotopic (exact) mass is 654 g/mol. The Bertz CT molecular complexity index is 731. The van der Waals surface area contributed by atoms with Crippen molar-refractivity contribution in [2.75, 3.05) is 0 Å². The van der Waals surface area contributed by atoms with E-state index in [1.807, 2.05) is 0 Å². The predicted molar refractivity (Wildman–Crippen MR) is 133 cm³/mol. The molecule has 0 saturated carbocycles. The van der Waals surface area contributed by atoms with Gasteiger partial charge in [0.25, 0.3) is 0 Å². The SMILES string of the molecule is [CH3][Ge][CH3].c1cc[c]([Sb][c]2ccccc2)cc1.c1cc[c]([Sb][c]2ccccc2)cc1. The molecule has 4 aromatic carbocycles. The number of hydrogen-bond acceptors (Lipinski definition) is 0. The van der Waals surface area contributed by atoms with Crippen LogP contribution in [0.3, 0.4) is 0 Å². The Morgan fingerprint density at radius 2 is 0.552 bits per heavy atom. The van der Waals surface area contributed by atoms with Gasteiger partial charge in [-0.05, 0) is 0 Å². The van der Waals surface area contributed by atoms with Crippen LogP contribution >= 0.6 is 0 Å². The van der Waals surface area contributed by atoms with Crippen LogP contribution in [0.1, 0.15) is 0 Å². The molecule has 0 amide bonds. The molecule has 3 heteroatoms. The van der Waals surface area contributed by atoms with Crippen molar-refractivity contribution in [1.29, 1.82) is 0 Å². The van der Waals surface area contributed by atoms with Gasteiger partial charge in [-0.2, -0.15) is 0 Å². The first-order valence-corrected chi connectivity index (χ1v) is 18.8. The molecule has 0 unspecified atom stereocenters. The molecule has 0 aliphatic heterocycles. The number of hydrogen-bond donors (Lipinski definition) is 0. The van der Waals surface area contributed by atoms with E-state index in [0.717, 1.165) is 0 Å². The van der Waals surface area contributed by atoms with Gasteiger partial charge in [-0.25, -0.2) is 0 Å². The molecule has 0 N–H and O–H groups in total. The summed E-state index contributed by atoms with van der Waals surface area (Å²) < 4.78 is 6.08. The van der Waals surface area contributed by atoms with Crippen LogP contribution in [0.15, 0.2) is 121 Å². The zero-order chi connectivity index (χ0) is 20.6. The van der Waals surface area contributed by atoms with Gasteiger partial charge < -0.3 is 0 Å². The van der Waals surface area contributed by atoms with E-state index < -0.39 is 0 Å². The zero-order valence-corrected chi connectivity index (χ0v) is 24.1. The van der Waals surface area contributed by atoms with E-state index in [1.165, 1.54) is 14.0 Å². The summed E-state index contributed by atoms with van der Waals surface area (Å²) in [6.45, 7) is 0. The van der Waals surface area contributed by atoms with Crippen molar-refractivity contribution in [3.63, 3.8) is 0 Å². The van der Waals surface area contributed by atoms with E-state index in [0.29, 0.717) is 15.4 Å². The van der Waals surface area contributed by atoms with Crippen LogP contribution in [0.25, 0.3) is 0 Å². The van der Waals surface area contributed by atoms with E-state index in [2.05, 4.69) is 133 Å². The van der Waals surface area contributed by atoms with Crippen molar-refractivity contribution >= 4 is 72.7 Å². The van der Waals surface area contributed by atoms with Gasteiger partial charge in [0.2, 0.25) is 0 Å². The van der Waals surface area contributed by atoms with Crippen LogP contribution in [0.4, 0.5) is 0 Å². The van der Waals surface area contributed by atoms with Gasteiger partial charge in [0.15, 0.2) is 0 Å². The fourth-order valence-corrected chi connectivity index (χ4v) is 7.68. The van der Waals surface area contributed by atoms with Crippen molar-refractivity contribution in [3.05, 3.63) is 121 Å². The Morgan fingerprint density at radius 3 is 0.724 bits per heavy atom. The molecule has 0 saturated heterocycles. The Labute approximate surface area is 203 Å². The van der Waals surface area contributed by atoms with Crippen LogP contribution < -0.4 is 14.0 Å². The molecular formula is C26H26GeSb2. The average molecular weight is 655 g/mol. The summed E-state index contributed by atoms with van der Waals surface area (Å²) in [6.07, 6.45) is 0. The summed E-state index contributed by atoms with van der Waals surface area (Å²) >= 11 is -0.170. The maximum atomic E-state index is 2.25. The van der Waals surface area contributed by atoms with Gasteiger partial charge in [0.05, 0.1) is 0 Å². The van der Waals surface area contributed by atoms with Gasteiger partial charge >= 0.3 is 206 Å². The van der Waals surface area contributed by atoms with E-state index in [9.17, 15) is 0 Å². The minimum absolute atomic E-state index is 0.335. The first kappa shape index (κ1) is 24.3. The molecule has 0 aliphatic rings. The van der Waals surface area contributed by atoms with Crippen LogP contribution in [-0.2, 0) is 0 Å². The van der Waals surface area contributed by atoms with Crippen LogP contribution in [0.5, 0.6) is 0 Å². The van der Waals surface area contributed by atoms with Crippen LogP contribution in [0.2, 0.25) is 11.5 Å². The second kappa shape index (κ2) is 15.8. The first-order valence-electron chi connectivity index (χ1n) is 9.54. The van der Waals surface area contributed by atoms with Gasteiger partial charge in [-0.15, -0.1) is 0 Å². The van der Waals surface area contributed by atoms with E-state index >= 15 is 0 Å². The average Bonchev–Trinajstić information content (AvgIpc) is 2.78. The molecule has 0 fully saturated rings. The zero-order valence-electron chi connectivity index (χ0n) is 16.9. The fraction of sp³-hybridized carbons (Fsp3) is 0.0769. The maximum absolute atomic E-state index is 2.25. The van der Waals surface area contributed by atoms with Crippen molar-refractivity contribution < 1.29 is 0 Å². The summed E-state index contributed by atoms with van der Waals surface area (Å²) in [4.78, 5) is 0. The van der Waals surface area contributed by atoms with Gasteiger partial charge in [-0.3, -0.25) is 0 Å². The molecule has 0 bridgehead atoms. The molecule has 0 atom stereocenters. The molecule has 0 heterocycles. The third-order valence-corrected chi connectivity index (χ3v) is 9.89. The van der Waals surface area contributed by atoms with Gasteiger partial charge in [0.1, 0.15) is 0 Å². The molecular weight excluding hydrogens is 628 g/mol. The minimum atomic E-state index is -0.335. The molecule has 144 valence electrons. The standard InChI is InChI=1S/4C6H5.C2H6Ge.2Sb/c4*1-2-4-6-5-3-1;1-3-2;;/h4*1-5H;1-2H3;;. The normalized spacial score (nSPS) is 9.45. The molecule has 4 rings (SSSR count). The Kier molecular flexibility index (Phi) is 13.3. The molecule has 0 nitrogen and oxygen atoms in total. The van der Waals surface area contributed by atoms with Crippen molar-refractivity contribution in [2.24, 2.45) is 0 Å². The molecule has 29 heavy (non-hydrogen) atoms. The molecule has 4 radical (unpaired) electrons. The summed E-state index contributed by atoms with van der Waals surface area (Å²) in [7, 11) is 0. The fourth-order valence-electron chi connectivity index (χ4n) is 2.31. The molecule has 4 aromatic rings. The first-order chi connectivity index (χ1) is 14.3. The Balaban J connectivity index is 0.000000183. The Hall–Kier alpha value is -0.941. The van der Waals surface area contributed by atoms with Crippen molar-refractivity contribution in [3.8, 4) is 0 Å². The molecule has 0 aliphatic carbocycles. The quantitative estimate of drug-likeness (QED) is 0.296. The van der Waals surface area contributed by atoms with Gasteiger partial charge in [0, 0.05) is 0 Å². The second-order valence-corrected chi connectivity index (χ2v) is 15.3. The number of benzene rings is 4. The Morgan fingerprint density at radius 1 is 0.379 bits per heavy atom.